The van der Waals surface area contributed by atoms with E-state index >= 15 is 0 Å². The molecule has 0 bridgehead atoms. The van der Waals surface area contributed by atoms with Crippen LogP contribution in [0.2, 0.25) is 0 Å². The number of rotatable bonds is 2. The summed E-state index contributed by atoms with van der Waals surface area (Å²) >= 11 is 3.38. The summed E-state index contributed by atoms with van der Waals surface area (Å²) < 4.78 is 6.50. The molecule has 0 radical (unpaired) electrons. The summed E-state index contributed by atoms with van der Waals surface area (Å²) in [6, 6.07) is 7.82. The molecule has 1 fully saturated rings. The van der Waals surface area contributed by atoms with Crippen LogP contribution in [0.4, 0.5) is 0 Å². The molecule has 2 nitrogen and oxygen atoms in total. The molecule has 15 heavy (non-hydrogen) atoms. The van der Waals surface area contributed by atoms with Crippen molar-refractivity contribution in [2.24, 2.45) is 5.92 Å². The van der Waals surface area contributed by atoms with Crippen LogP contribution < -0.4 is 0 Å². The average molecular weight is 271 g/mol. The lowest BCUT2D eigenvalue weighted by Gasteiger charge is -2.16. The van der Waals surface area contributed by atoms with E-state index in [2.05, 4.69) is 15.9 Å². The fourth-order valence-corrected chi connectivity index (χ4v) is 2.27. The highest BCUT2D eigenvalue weighted by Gasteiger charge is 2.29. The van der Waals surface area contributed by atoms with Gasteiger partial charge in [0.05, 0.1) is 18.8 Å². The Morgan fingerprint density at radius 2 is 2.07 bits per heavy atom. The second-order valence-electron chi connectivity index (χ2n) is 4.14. The predicted molar refractivity (Wildman–Crippen MR) is 62.6 cm³/mol. The fourth-order valence-electron chi connectivity index (χ4n) is 2.00. The van der Waals surface area contributed by atoms with Crippen molar-refractivity contribution < 1.29 is 9.84 Å². The Balaban J connectivity index is 2.07. The van der Waals surface area contributed by atoms with Crippen molar-refractivity contribution in [1.82, 2.24) is 0 Å². The minimum atomic E-state index is -0.400. The van der Waals surface area contributed by atoms with E-state index in [1.807, 2.05) is 31.2 Å². The van der Waals surface area contributed by atoms with Gasteiger partial charge in [-0.1, -0.05) is 28.1 Å². The van der Waals surface area contributed by atoms with E-state index in [1.165, 1.54) is 0 Å². The Morgan fingerprint density at radius 3 is 2.60 bits per heavy atom. The van der Waals surface area contributed by atoms with Gasteiger partial charge >= 0.3 is 0 Å². The first kappa shape index (κ1) is 11.1. The fraction of sp³-hybridized carbons (Fsp3) is 0.500. The minimum Gasteiger partial charge on any atom is -0.388 e. The van der Waals surface area contributed by atoms with Crippen molar-refractivity contribution in [2.75, 3.05) is 6.61 Å². The van der Waals surface area contributed by atoms with Gasteiger partial charge in [0.2, 0.25) is 0 Å². The van der Waals surface area contributed by atoms with Crippen LogP contribution in [0.15, 0.2) is 28.7 Å². The first-order valence-electron chi connectivity index (χ1n) is 5.22. The molecule has 0 aliphatic carbocycles. The van der Waals surface area contributed by atoms with E-state index < -0.39 is 6.10 Å². The van der Waals surface area contributed by atoms with Gasteiger partial charge in [-0.15, -0.1) is 0 Å². The molecule has 3 unspecified atom stereocenters. The molecule has 3 heteroatoms. The van der Waals surface area contributed by atoms with Gasteiger partial charge in [-0.25, -0.2) is 0 Å². The Hall–Kier alpha value is -0.380. The molecular weight excluding hydrogens is 256 g/mol. The SMILES string of the molecule is CC1CC(C(O)c2ccc(Br)cc2)CO1. The summed E-state index contributed by atoms with van der Waals surface area (Å²) in [4.78, 5) is 0. The van der Waals surface area contributed by atoms with E-state index in [0.29, 0.717) is 6.61 Å². The van der Waals surface area contributed by atoms with E-state index in [9.17, 15) is 5.11 Å². The Bertz CT molecular complexity index is 323. The summed E-state index contributed by atoms with van der Waals surface area (Å²) in [5.41, 5.74) is 0.973. The number of ether oxygens (including phenoxy) is 1. The number of hydrogen-bond donors (Lipinski definition) is 1. The van der Waals surface area contributed by atoms with Crippen LogP contribution in [0.1, 0.15) is 25.0 Å². The van der Waals surface area contributed by atoms with Crippen LogP contribution >= 0.6 is 15.9 Å². The van der Waals surface area contributed by atoms with Crippen molar-refractivity contribution in [2.45, 2.75) is 25.6 Å². The summed E-state index contributed by atoms with van der Waals surface area (Å²) in [5.74, 6) is 0.237. The smallest absolute Gasteiger partial charge is 0.0841 e. The molecule has 1 aliphatic rings. The third kappa shape index (κ3) is 2.60. The van der Waals surface area contributed by atoms with Crippen LogP contribution in [0.25, 0.3) is 0 Å². The minimum absolute atomic E-state index is 0.237. The Kier molecular flexibility index (Phi) is 3.44. The molecule has 1 aromatic rings. The van der Waals surface area contributed by atoms with E-state index in [4.69, 9.17) is 4.74 Å². The Labute approximate surface area is 98.4 Å². The van der Waals surface area contributed by atoms with E-state index in [0.717, 1.165) is 16.5 Å². The number of aliphatic hydroxyl groups is 1. The van der Waals surface area contributed by atoms with E-state index in [1.54, 1.807) is 0 Å². The number of halogens is 1. The molecule has 82 valence electrons. The molecule has 1 aromatic carbocycles. The van der Waals surface area contributed by atoms with Crippen LogP contribution in [0.5, 0.6) is 0 Å². The monoisotopic (exact) mass is 270 g/mol. The lowest BCUT2D eigenvalue weighted by atomic mass is 9.94. The van der Waals surface area contributed by atoms with Gasteiger partial charge in [0, 0.05) is 10.4 Å². The Morgan fingerprint density at radius 1 is 1.40 bits per heavy atom. The van der Waals surface area contributed by atoms with Crippen LogP contribution in [0, 0.1) is 5.92 Å². The lowest BCUT2D eigenvalue weighted by molar-refractivity contribution is 0.0804. The summed E-state index contributed by atoms with van der Waals surface area (Å²) in [6.07, 6.45) is 0.820. The average Bonchev–Trinajstić information content (AvgIpc) is 2.65. The normalized spacial score (nSPS) is 27.9. The lowest BCUT2D eigenvalue weighted by Crippen LogP contribution is -2.12. The van der Waals surface area contributed by atoms with Gasteiger partial charge in [-0.3, -0.25) is 0 Å². The van der Waals surface area contributed by atoms with Crippen molar-refractivity contribution in [1.29, 1.82) is 0 Å². The third-order valence-corrected chi connectivity index (χ3v) is 3.42. The third-order valence-electron chi connectivity index (χ3n) is 2.89. The van der Waals surface area contributed by atoms with Gasteiger partial charge < -0.3 is 9.84 Å². The molecule has 0 saturated carbocycles. The maximum Gasteiger partial charge on any atom is 0.0841 e. The number of benzene rings is 1. The van der Waals surface area contributed by atoms with Crippen LogP contribution in [0.3, 0.4) is 0 Å². The highest BCUT2D eigenvalue weighted by Crippen LogP contribution is 2.31. The first-order chi connectivity index (χ1) is 7.16. The maximum atomic E-state index is 10.1. The second-order valence-corrected chi connectivity index (χ2v) is 5.05. The van der Waals surface area contributed by atoms with Crippen LogP contribution in [-0.4, -0.2) is 17.8 Å². The molecule has 1 N–H and O–H groups in total. The van der Waals surface area contributed by atoms with Gasteiger partial charge in [-0.2, -0.15) is 0 Å². The largest absolute Gasteiger partial charge is 0.388 e. The quantitative estimate of drug-likeness (QED) is 0.896. The zero-order chi connectivity index (χ0) is 10.8. The summed E-state index contributed by atoms with van der Waals surface area (Å²) in [5, 5.41) is 10.1. The van der Waals surface area contributed by atoms with Gasteiger partial charge in [-0.05, 0) is 31.0 Å². The molecule has 0 spiro atoms. The molecular formula is C12H15BrO2. The highest BCUT2D eigenvalue weighted by molar-refractivity contribution is 9.10. The molecule has 2 rings (SSSR count). The summed E-state index contributed by atoms with van der Waals surface area (Å²) in [6.45, 7) is 2.71. The van der Waals surface area contributed by atoms with Crippen molar-refractivity contribution >= 4 is 15.9 Å². The van der Waals surface area contributed by atoms with Crippen molar-refractivity contribution in [3.05, 3.63) is 34.3 Å². The van der Waals surface area contributed by atoms with E-state index in [-0.39, 0.29) is 12.0 Å². The summed E-state index contributed by atoms with van der Waals surface area (Å²) in [7, 11) is 0. The number of aliphatic hydroxyl groups excluding tert-OH is 1. The van der Waals surface area contributed by atoms with Crippen LogP contribution in [-0.2, 0) is 4.74 Å². The molecule has 1 aliphatic heterocycles. The molecule has 1 saturated heterocycles. The van der Waals surface area contributed by atoms with Gasteiger partial charge in [0.25, 0.3) is 0 Å². The van der Waals surface area contributed by atoms with Gasteiger partial charge in [0.15, 0.2) is 0 Å². The zero-order valence-corrected chi connectivity index (χ0v) is 10.3. The predicted octanol–water partition coefficient (Wildman–Crippen LogP) is 2.91. The molecule has 1 heterocycles. The highest BCUT2D eigenvalue weighted by atomic mass is 79.9. The molecule has 0 aromatic heterocycles. The molecule has 3 atom stereocenters. The first-order valence-corrected chi connectivity index (χ1v) is 6.01. The number of hydrogen-bond acceptors (Lipinski definition) is 2. The van der Waals surface area contributed by atoms with Crippen molar-refractivity contribution in [3.8, 4) is 0 Å². The second kappa shape index (κ2) is 4.64. The van der Waals surface area contributed by atoms with Gasteiger partial charge in [0.1, 0.15) is 0 Å². The molecule has 0 amide bonds. The van der Waals surface area contributed by atoms with Crippen molar-refractivity contribution in [3.63, 3.8) is 0 Å². The standard InChI is InChI=1S/C12H15BrO2/c1-8-6-10(7-15-8)12(14)9-2-4-11(13)5-3-9/h2-5,8,10,12,14H,6-7H2,1H3. The zero-order valence-electron chi connectivity index (χ0n) is 8.69. The topological polar surface area (TPSA) is 29.5 Å². The maximum absolute atomic E-state index is 10.1.